The Balaban J connectivity index is 0.00000480. The fraction of sp³-hybridized carbons (Fsp3) is 0.471. The van der Waals surface area contributed by atoms with Crippen LogP contribution in [0.3, 0.4) is 0 Å². The number of rotatable bonds is 8. The molecule has 4 atom stereocenters. The van der Waals surface area contributed by atoms with E-state index in [4.69, 9.17) is 27.3 Å². The summed E-state index contributed by atoms with van der Waals surface area (Å²) in [5, 5.41) is 19.4. The number of ether oxygens (including phenoxy) is 1. The lowest BCUT2D eigenvalue weighted by Crippen LogP contribution is -2.51. The van der Waals surface area contributed by atoms with Crippen molar-refractivity contribution in [2.75, 3.05) is 19.3 Å². The van der Waals surface area contributed by atoms with Crippen molar-refractivity contribution in [2.24, 2.45) is 11.5 Å². The van der Waals surface area contributed by atoms with Gasteiger partial charge in [-0.05, 0) is 18.6 Å². The zero-order chi connectivity index (χ0) is 22.4. The summed E-state index contributed by atoms with van der Waals surface area (Å²) in [5.74, 6) is -1.84. The first-order chi connectivity index (χ1) is 14.1. The molecule has 2 heterocycles. The fourth-order valence-electron chi connectivity index (χ4n) is 2.77. The number of hydrogen-bond donors (Lipinski definition) is 6. The molecule has 2 rings (SSSR count). The summed E-state index contributed by atoms with van der Waals surface area (Å²) in [7, 11) is 1.63. The second-order valence-electron chi connectivity index (χ2n) is 6.87. The lowest BCUT2D eigenvalue weighted by atomic mass is 10.1. The maximum Gasteiger partial charge on any atom is 0.351 e. The van der Waals surface area contributed by atoms with E-state index >= 15 is 0 Å². The molecule has 0 saturated heterocycles. The molecule has 1 aliphatic rings. The molecule has 31 heavy (non-hydrogen) atoms. The summed E-state index contributed by atoms with van der Waals surface area (Å²) in [5.41, 5.74) is 16.0. The van der Waals surface area contributed by atoms with E-state index in [9.17, 15) is 19.5 Å². The van der Waals surface area contributed by atoms with Gasteiger partial charge < -0.3 is 37.3 Å². The first-order valence-corrected chi connectivity index (χ1v) is 9.10. The number of carbonyl (C=O) groups excluding carboxylic acids is 1. The van der Waals surface area contributed by atoms with Gasteiger partial charge in [0.25, 0.3) is 0 Å². The van der Waals surface area contributed by atoms with Crippen LogP contribution in [0.2, 0.25) is 0 Å². The zero-order valence-electron chi connectivity index (χ0n) is 16.8. The molecule has 13 nitrogen and oxygen atoms in total. The molecule has 1 amide bonds. The second-order valence-corrected chi connectivity index (χ2v) is 6.87. The minimum absolute atomic E-state index is 0. The van der Waals surface area contributed by atoms with Crippen LogP contribution in [0.25, 0.3) is 0 Å². The van der Waals surface area contributed by atoms with Gasteiger partial charge in [-0.15, -0.1) is 12.4 Å². The predicted octanol–water partition coefficient (Wildman–Crippen LogP) is -1.80. The fourth-order valence-corrected chi connectivity index (χ4v) is 2.77. The van der Waals surface area contributed by atoms with E-state index in [1.165, 1.54) is 29.3 Å². The van der Waals surface area contributed by atoms with Crippen LogP contribution in [0.5, 0.6) is 0 Å². The number of hydrogen-bond acceptors (Lipinski definition) is 8. The van der Waals surface area contributed by atoms with Crippen LogP contribution in [-0.4, -0.2) is 69.2 Å². The average molecular weight is 459 g/mol. The molecule has 14 heteroatoms. The number of anilines is 1. The van der Waals surface area contributed by atoms with Crippen molar-refractivity contribution < 1.29 is 19.4 Å². The number of nitrogens with two attached hydrogens (primary N) is 3. The van der Waals surface area contributed by atoms with E-state index in [1.54, 1.807) is 7.05 Å². The van der Waals surface area contributed by atoms with Crippen LogP contribution < -0.4 is 28.2 Å². The summed E-state index contributed by atoms with van der Waals surface area (Å²) >= 11 is 0. The Hall–Kier alpha value is -3.16. The quantitative estimate of drug-likeness (QED) is 0.146. The minimum Gasteiger partial charge on any atom is -0.479 e. The van der Waals surface area contributed by atoms with Crippen molar-refractivity contribution in [1.29, 1.82) is 5.41 Å². The van der Waals surface area contributed by atoms with Crippen molar-refractivity contribution in [3.05, 3.63) is 34.9 Å². The van der Waals surface area contributed by atoms with Gasteiger partial charge in [0, 0.05) is 32.3 Å². The highest BCUT2D eigenvalue weighted by atomic mass is 35.5. The van der Waals surface area contributed by atoms with Crippen molar-refractivity contribution in [3.63, 3.8) is 0 Å². The van der Waals surface area contributed by atoms with Crippen LogP contribution in [0.4, 0.5) is 5.82 Å². The van der Waals surface area contributed by atoms with E-state index in [1.807, 2.05) is 0 Å². The molecular weight excluding hydrogens is 432 g/mol. The highest BCUT2D eigenvalue weighted by molar-refractivity contribution is 5.85. The van der Waals surface area contributed by atoms with Gasteiger partial charge in [0.2, 0.25) is 5.91 Å². The Kier molecular flexibility index (Phi) is 9.42. The maximum atomic E-state index is 12.3. The number of halogens is 1. The van der Waals surface area contributed by atoms with Crippen LogP contribution in [0.1, 0.15) is 19.1 Å². The Labute approximate surface area is 184 Å². The highest BCUT2D eigenvalue weighted by Crippen LogP contribution is 2.20. The van der Waals surface area contributed by atoms with Crippen molar-refractivity contribution in [3.8, 4) is 0 Å². The summed E-state index contributed by atoms with van der Waals surface area (Å²) in [6.45, 7) is 0.403. The Morgan fingerprint density at radius 2 is 2.13 bits per heavy atom. The summed E-state index contributed by atoms with van der Waals surface area (Å²) < 4.78 is 6.57. The highest BCUT2D eigenvalue weighted by Gasteiger charge is 2.35. The lowest BCUT2D eigenvalue weighted by Gasteiger charge is -2.31. The Morgan fingerprint density at radius 1 is 1.45 bits per heavy atom. The third-order valence-electron chi connectivity index (χ3n) is 4.49. The van der Waals surface area contributed by atoms with Gasteiger partial charge in [-0.1, -0.05) is 6.08 Å². The molecule has 0 aromatic carbocycles. The van der Waals surface area contributed by atoms with Gasteiger partial charge in [-0.25, -0.2) is 9.59 Å². The van der Waals surface area contributed by atoms with Crippen LogP contribution in [0, 0.1) is 5.41 Å². The first kappa shape index (κ1) is 25.9. The molecule has 4 unspecified atom stereocenters. The number of amides is 1. The van der Waals surface area contributed by atoms with E-state index in [0.29, 0.717) is 13.0 Å². The minimum atomic E-state index is -1.42. The SMILES string of the molecule is CN(CCC(N)CC(=O)NC1C=CC(n2ccc(N)nc2=O)OC1C(=O)O)C(=N)N.Cl. The normalized spacial score (nSPS) is 20.9. The summed E-state index contributed by atoms with van der Waals surface area (Å²) in [6.07, 6.45) is 2.17. The van der Waals surface area contributed by atoms with Crippen LogP contribution >= 0.6 is 12.4 Å². The van der Waals surface area contributed by atoms with Crippen molar-refractivity contribution >= 4 is 36.1 Å². The lowest BCUT2D eigenvalue weighted by molar-refractivity contribution is -0.159. The number of nitrogen functional groups attached to an aromatic ring is 1. The van der Waals surface area contributed by atoms with Gasteiger partial charge in [-0.3, -0.25) is 14.8 Å². The number of guanidine groups is 1. The van der Waals surface area contributed by atoms with Gasteiger partial charge in [0.15, 0.2) is 18.3 Å². The van der Waals surface area contributed by atoms with Gasteiger partial charge >= 0.3 is 11.7 Å². The Bertz CT molecular complexity index is 892. The molecule has 0 bridgehead atoms. The van der Waals surface area contributed by atoms with E-state index < -0.39 is 42.0 Å². The standard InChI is InChI=1S/C17H26N8O5.ClH/c1-24(16(20)21)6-4-9(18)8-12(26)22-10-2-3-13(30-14(10)15(27)28)25-7-5-11(19)23-17(25)29;/h2-3,5,7,9-10,13-14H,4,6,8,18H2,1H3,(H3,20,21)(H,22,26)(H,27,28)(H2,19,23,29);1H. The number of carbonyl (C=O) groups is 2. The maximum absolute atomic E-state index is 12.3. The predicted molar refractivity (Wildman–Crippen MR) is 115 cm³/mol. The molecule has 0 fully saturated rings. The Morgan fingerprint density at radius 3 is 2.71 bits per heavy atom. The number of carboxylic acids is 1. The molecule has 1 aromatic rings. The van der Waals surface area contributed by atoms with Gasteiger partial charge in [-0.2, -0.15) is 4.98 Å². The largest absolute Gasteiger partial charge is 0.479 e. The number of nitrogens with zero attached hydrogens (tertiary/aromatic N) is 3. The number of carboxylic acid groups (broad SMARTS) is 1. The molecule has 0 aliphatic carbocycles. The number of nitrogens with one attached hydrogen (secondary N) is 2. The number of aliphatic carboxylic acids is 1. The molecule has 1 aliphatic heterocycles. The molecule has 1 aromatic heterocycles. The molecule has 0 spiro atoms. The third kappa shape index (κ3) is 7.24. The van der Waals surface area contributed by atoms with E-state index in [-0.39, 0.29) is 30.6 Å². The van der Waals surface area contributed by atoms with Gasteiger partial charge in [0.1, 0.15) is 5.82 Å². The van der Waals surface area contributed by atoms with Crippen molar-refractivity contribution in [1.82, 2.24) is 19.8 Å². The summed E-state index contributed by atoms with van der Waals surface area (Å²) in [4.78, 5) is 40.9. The number of aromatic nitrogens is 2. The zero-order valence-corrected chi connectivity index (χ0v) is 17.6. The topological polar surface area (TPSA) is 216 Å². The van der Waals surface area contributed by atoms with Crippen molar-refractivity contribution in [2.45, 2.75) is 37.3 Å². The molecule has 0 radical (unpaired) electrons. The van der Waals surface area contributed by atoms with E-state index in [2.05, 4.69) is 10.3 Å². The molecule has 9 N–H and O–H groups in total. The average Bonchev–Trinajstić information content (AvgIpc) is 2.66. The van der Waals surface area contributed by atoms with Crippen LogP contribution in [0.15, 0.2) is 29.2 Å². The first-order valence-electron chi connectivity index (χ1n) is 9.10. The molecule has 172 valence electrons. The third-order valence-corrected chi connectivity index (χ3v) is 4.49. The smallest absolute Gasteiger partial charge is 0.351 e. The molecular formula is C17H27ClN8O5. The van der Waals surface area contributed by atoms with Crippen LogP contribution in [-0.2, 0) is 14.3 Å². The monoisotopic (exact) mass is 458 g/mol. The van der Waals surface area contributed by atoms with Gasteiger partial charge in [0.05, 0.1) is 6.04 Å². The summed E-state index contributed by atoms with van der Waals surface area (Å²) in [6, 6.07) is -0.0702. The van der Waals surface area contributed by atoms with E-state index in [0.717, 1.165) is 4.57 Å². The second kappa shape index (κ2) is 11.3. The molecule has 0 saturated carbocycles.